The summed E-state index contributed by atoms with van der Waals surface area (Å²) >= 11 is 0. The van der Waals surface area contributed by atoms with Gasteiger partial charge in [-0.2, -0.15) is 0 Å². The van der Waals surface area contributed by atoms with Crippen molar-refractivity contribution in [3.8, 4) is 39.1 Å². The van der Waals surface area contributed by atoms with Crippen molar-refractivity contribution in [1.82, 2.24) is 4.57 Å². The number of benzene rings is 8. The predicted molar refractivity (Wildman–Crippen MR) is 212 cm³/mol. The van der Waals surface area contributed by atoms with E-state index >= 15 is 0 Å². The Morgan fingerprint density at radius 2 is 0.820 bits per heavy atom. The Morgan fingerprint density at radius 1 is 0.320 bits per heavy atom. The molecule has 0 aliphatic carbocycles. The average Bonchev–Trinajstić information content (AvgIpc) is 3.53. The zero-order valence-corrected chi connectivity index (χ0v) is 27.5. The van der Waals surface area contributed by atoms with E-state index in [9.17, 15) is 0 Å². The topological polar surface area (TPSA) is 8.17 Å². The molecule has 9 aromatic rings. The van der Waals surface area contributed by atoms with Gasteiger partial charge in [0.25, 0.3) is 0 Å². The molecule has 0 radical (unpaired) electrons. The van der Waals surface area contributed by atoms with Crippen molar-refractivity contribution in [1.29, 1.82) is 0 Å². The van der Waals surface area contributed by atoms with Gasteiger partial charge in [-0.25, -0.2) is 0 Å². The minimum Gasteiger partial charge on any atom is -0.310 e. The van der Waals surface area contributed by atoms with Gasteiger partial charge in [0.1, 0.15) is 0 Å². The number of aromatic nitrogens is 1. The molecule has 0 N–H and O–H groups in total. The van der Waals surface area contributed by atoms with Gasteiger partial charge in [0.2, 0.25) is 0 Å². The van der Waals surface area contributed by atoms with Crippen molar-refractivity contribution in [2.45, 2.75) is 0 Å². The van der Waals surface area contributed by atoms with Crippen LogP contribution >= 0.6 is 0 Å². The summed E-state index contributed by atoms with van der Waals surface area (Å²) in [4.78, 5) is 2.35. The van der Waals surface area contributed by atoms with Crippen molar-refractivity contribution in [3.05, 3.63) is 206 Å². The first-order valence-corrected chi connectivity index (χ1v) is 17.1. The van der Waals surface area contributed by atoms with Crippen LogP contribution < -0.4 is 4.90 Å². The number of anilines is 3. The van der Waals surface area contributed by atoms with Crippen molar-refractivity contribution in [3.63, 3.8) is 0 Å². The Labute approximate surface area is 292 Å². The molecule has 9 rings (SSSR count). The zero-order chi connectivity index (χ0) is 33.3. The third-order valence-electron chi connectivity index (χ3n) is 9.55. The summed E-state index contributed by atoms with van der Waals surface area (Å²) in [5.41, 5.74) is 14.0. The third kappa shape index (κ3) is 5.34. The second-order valence-electron chi connectivity index (χ2n) is 12.6. The highest BCUT2D eigenvalue weighted by molar-refractivity contribution is 6.10. The maximum absolute atomic E-state index is 2.45. The van der Waals surface area contributed by atoms with Gasteiger partial charge in [-0.3, -0.25) is 0 Å². The van der Waals surface area contributed by atoms with E-state index in [-0.39, 0.29) is 0 Å². The van der Waals surface area contributed by atoms with E-state index in [1.165, 1.54) is 49.6 Å². The van der Waals surface area contributed by atoms with Crippen LogP contribution in [0.15, 0.2) is 206 Å². The maximum atomic E-state index is 2.45. The third-order valence-corrected chi connectivity index (χ3v) is 9.55. The molecule has 0 amide bonds. The fourth-order valence-electron chi connectivity index (χ4n) is 7.25. The van der Waals surface area contributed by atoms with E-state index in [1.54, 1.807) is 0 Å². The van der Waals surface area contributed by atoms with Gasteiger partial charge in [-0.15, -0.1) is 0 Å². The lowest BCUT2D eigenvalue weighted by atomic mass is 9.97. The summed E-state index contributed by atoms with van der Waals surface area (Å²) in [6, 6.07) is 74.1. The second-order valence-corrected chi connectivity index (χ2v) is 12.6. The molecule has 8 aromatic carbocycles. The smallest absolute Gasteiger partial charge is 0.0547 e. The Hall–Kier alpha value is -6.64. The molecule has 1 aromatic heterocycles. The molecule has 0 aliphatic rings. The van der Waals surface area contributed by atoms with E-state index in [0.29, 0.717) is 0 Å². The Morgan fingerprint density at radius 3 is 1.44 bits per heavy atom. The highest BCUT2D eigenvalue weighted by Crippen LogP contribution is 2.43. The highest BCUT2D eigenvalue weighted by atomic mass is 15.1. The van der Waals surface area contributed by atoms with Gasteiger partial charge in [-0.05, 0) is 88.5 Å². The molecule has 236 valence electrons. The van der Waals surface area contributed by atoms with Crippen LogP contribution in [0.25, 0.3) is 60.9 Å². The SMILES string of the molecule is c1ccc(-c2cc(-c3ccccc3)cc(-n3c4ccccc4c4ccc(-c5ccccc5N(c5ccccc5)c5ccccc5)cc43)c2)cc1. The lowest BCUT2D eigenvalue weighted by molar-refractivity contribution is 1.18. The highest BCUT2D eigenvalue weighted by Gasteiger charge is 2.19. The molecule has 2 nitrogen and oxygen atoms in total. The van der Waals surface area contributed by atoms with Crippen molar-refractivity contribution >= 4 is 38.9 Å². The molecule has 0 saturated carbocycles. The zero-order valence-electron chi connectivity index (χ0n) is 27.5. The summed E-state index contributed by atoms with van der Waals surface area (Å²) in [6.07, 6.45) is 0. The quantitative estimate of drug-likeness (QED) is 0.169. The van der Waals surface area contributed by atoms with Gasteiger partial charge in [0.05, 0.1) is 16.7 Å². The normalized spacial score (nSPS) is 11.2. The van der Waals surface area contributed by atoms with Crippen LogP contribution in [0.4, 0.5) is 17.1 Å². The summed E-state index contributed by atoms with van der Waals surface area (Å²) in [5, 5.41) is 2.47. The number of hydrogen-bond donors (Lipinski definition) is 0. The van der Waals surface area contributed by atoms with Gasteiger partial charge in [-0.1, -0.05) is 146 Å². The van der Waals surface area contributed by atoms with Gasteiger partial charge in [0.15, 0.2) is 0 Å². The Balaban J connectivity index is 1.29. The van der Waals surface area contributed by atoms with Crippen LogP contribution in [0.1, 0.15) is 0 Å². The van der Waals surface area contributed by atoms with Crippen LogP contribution in [0.2, 0.25) is 0 Å². The minimum absolute atomic E-state index is 1.12. The molecular formula is C48H34N2. The molecule has 0 unspecified atom stereocenters. The lowest BCUT2D eigenvalue weighted by Crippen LogP contribution is -2.10. The van der Waals surface area contributed by atoms with Crippen LogP contribution in [-0.4, -0.2) is 4.57 Å². The van der Waals surface area contributed by atoms with Crippen molar-refractivity contribution in [2.75, 3.05) is 4.90 Å². The summed E-state index contributed by atoms with van der Waals surface area (Å²) in [6.45, 7) is 0. The van der Waals surface area contributed by atoms with E-state index in [2.05, 4.69) is 216 Å². The first kappa shape index (κ1) is 29.5. The number of para-hydroxylation sites is 4. The monoisotopic (exact) mass is 638 g/mol. The summed E-state index contributed by atoms with van der Waals surface area (Å²) < 4.78 is 2.45. The first-order chi connectivity index (χ1) is 24.8. The van der Waals surface area contributed by atoms with Crippen LogP contribution in [0, 0.1) is 0 Å². The van der Waals surface area contributed by atoms with Gasteiger partial charge in [0, 0.05) is 33.4 Å². The van der Waals surface area contributed by atoms with Gasteiger partial charge >= 0.3 is 0 Å². The second kappa shape index (κ2) is 12.8. The molecule has 0 saturated heterocycles. The standard InChI is InChI=1S/C48H34N2/c1-5-17-35(18-6-1)38-31-39(36-19-7-2-8-20-36)33-42(32-38)50-47-28-16-14-26-44(47)45-30-29-37(34-48(45)50)43-25-13-15-27-46(43)49(40-21-9-3-10-22-40)41-23-11-4-12-24-41/h1-34H. The molecule has 0 atom stereocenters. The minimum atomic E-state index is 1.12. The summed E-state index contributed by atoms with van der Waals surface area (Å²) in [5.74, 6) is 0. The predicted octanol–water partition coefficient (Wildman–Crippen LogP) is 13.3. The molecule has 2 heteroatoms. The molecule has 1 heterocycles. The molecule has 0 fully saturated rings. The number of hydrogen-bond acceptors (Lipinski definition) is 1. The van der Waals surface area contributed by atoms with E-state index in [1.807, 2.05) is 0 Å². The fourth-order valence-corrected chi connectivity index (χ4v) is 7.25. The van der Waals surface area contributed by atoms with Gasteiger partial charge < -0.3 is 9.47 Å². The molecule has 0 bridgehead atoms. The molecule has 50 heavy (non-hydrogen) atoms. The van der Waals surface area contributed by atoms with E-state index in [0.717, 1.165) is 28.3 Å². The molecular weight excluding hydrogens is 605 g/mol. The largest absolute Gasteiger partial charge is 0.310 e. The van der Waals surface area contributed by atoms with Crippen LogP contribution in [-0.2, 0) is 0 Å². The Bertz CT molecular complexity index is 2470. The number of nitrogens with zero attached hydrogens (tertiary/aromatic N) is 2. The van der Waals surface area contributed by atoms with E-state index in [4.69, 9.17) is 0 Å². The van der Waals surface area contributed by atoms with Crippen LogP contribution in [0.5, 0.6) is 0 Å². The lowest BCUT2D eigenvalue weighted by Gasteiger charge is -2.27. The van der Waals surface area contributed by atoms with E-state index < -0.39 is 0 Å². The first-order valence-electron chi connectivity index (χ1n) is 17.1. The average molecular weight is 639 g/mol. The maximum Gasteiger partial charge on any atom is 0.0547 e. The molecule has 0 aliphatic heterocycles. The summed E-state index contributed by atoms with van der Waals surface area (Å²) in [7, 11) is 0. The van der Waals surface area contributed by atoms with Crippen LogP contribution in [0.3, 0.4) is 0 Å². The number of fused-ring (bicyclic) bond motifs is 3. The van der Waals surface area contributed by atoms with Crippen molar-refractivity contribution in [2.24, 2.45) is 0 Å². The van der Waals surface area contributed by atoms with Crippen molar-refractivity contribution < 1.29 is 0 Å². The molecule has 0 spiro atoms. The fraction of sp³-hybridized carbons (Fsp3) is 0. The Kier molecular flexibility index (Phi) is 7.53. The number of rotatable bonds is 7.